The Morgan fingerprint density at radius 3 is 2.45 bits per heavy atom. The normalized spacial score (nSPS) is 10.8. The van der Waals surface area contributed by atoms with E-state index in [9.17, 15) is 4.79 Å². The summed E-state index contributed by atoms with van der Waals surface area (Å²) in [6.45, 7) is 6.15. The summed E-state index contributed by atoms with van der Waals surface area (Å²) < 4.78 is 1.85. The van der Waals surface area contributed by atoms with Gasteiger partial charge in [-0.2, -0.15) is 0 Å². The number of thioether (sulfide) groups is 1. The molecule has 0 aliphatic carbocycles. The maximum absolute atomic E-state index is 12.3. The number of anilines is 2. The van der Waals surface area contributed by atoms with Crippen LogP contribution in [0.4, 0.5) is 11.4 Å². The molecular weight excluding hydrogens is 406 g/mol. The Morgan fingerprint density at radius 1 is 1.10 bits per heavy atom. The molecule has 8 heteroatoms. The van der Waals surface area contributed by atoms with E-state index in [2.05, 4.69) is 34.3 Å². The van der Waals surface area contributed by atoms with E-state index in [1.165, 1.54) is 11.8 Å². The molecule has 0 unspecified atom stereocenters. The van der Waals surface area contributed by atoms with Crippen molar-refractivity contribution in [3.8, 4) is 11.4 Å². The van der Waals surface area contributed by atoms with E-state index in [1.807, 2.05) is 60.1 Å². The summed E-state index contributed by atoms with van der Waals surface area (Å²) in [5.74, 6) is 0.824. The third kappa shape index (κ3) is 5.10. The van der Waals surface area contributed by atoms with Gasteiger partial charge in [0, 0.05) is 37.1 Å². The monoisotopic (exact) mass is 429 g/mol. The summed E-state index contributed by atoms with van der Waals surface area (Å²) in [4.78, 5) is 14.6. The first-order chi connectivity index (χ1) is 14.0. The number of halogens is 1. The fourth-order valence-corrected chi connectivity index (χ4v) is 3.92. The number of carbonyl (C=O) groups is 1. The molecule has 0 bridgehead atoms. The standard InChI is InChI=1S/C21H24ClN5OS/c1-4-27(5-2)16-12-10-15(11-13-16)23-19(28)14-29-21-25-24-20(26(21)3)17-8-6-7-9-18(17)22/h6-13H,4-5,14H2,1-3H3,(H,23,28). The Balaban J connectivity index is 1.59. The van der Waals surface area contributed by atoms with E-state index in [4.69, 9.17) is 11.6 Å². The first kappa shape index (κ1) is 21.2. The SMILES string of the molecule is CCN(CC)c1ccc(NC(=O)CSc2nnc(-c3ccccc3Cl)n2C)cc1. The van der Waals surface area contributed by atoms with Gasteiger partial charge in [0.05, 0.1) is 10.8 Å². The Kier molecular flexibility index (Phi) is 7.17. The second-order valence-corrected chi connectivity index (χ2v) is 7.75. The van der Waals surface area contributed by atoms with Crippen molar-refractivity contribution in [2.24, 2.45) is 7.05 Å². The van der Waals surface area contributed by atoms with E-state index in [0.717, 1.165) is 30.0 Å². The molecule has 1 amide bonds. The first-order valence-corrected chi connectivity index (χ1v) is 10.8. The third-order valence-electron chi connectivity index (χ3n) is 4.56. The van der Waals surface area contributed by atoms with Crippen LogP contribution in [0.25, 0.3) is 11.4 Å². The molecule has 0 atom stereocenters. The number of hydrogen-bond acceptors (Lipinski definition) is 5. The molecule has 6 nitrogen and oxygen atoms in total. The van der Waals surface area contributed by atoms with E-state index in [0.29, 0.717) is 16.0 Å². The minimum absolute atomic E-state index is 0.0899. The van der Waals surface area contributed by atoms with Crippen LogP contribution in [0.2, 0.25) is 5.02 Å². The number of rotatable bonds is 8. The van der Waals surface area contributed by atoms with Crippen LogP contribution >= 0.6 is 23.4 Å². The van der Waals surface area contributed by atoms with Gasteiger partial charge in [-0.05, 0) is 50.2 Å². The molecule has 0 spiro atoms. The molecule has 0 fully saturated rings. The van der Waals surface area contributed by atoms with Gasteiger partial charge in [0.25, 0.3) is 0 Å². The van der Waals surface area contributed by atoms with Gasteiger partial charge in [-0.3, -0.25) is 4.79 Å². The van der Waals surface area contributed by atoms with Gasteiger partial charge >= 0.3 is 0 Å². The van der Waals surface area contributed by atoms with Crippen molar-refractivity contribution in [2.75, 3.05) is 29.1 Å². The average Bonchev–Trinajstić information content (AvgIpc) is 3.09. The number of nitrogens with one attached hydrogen (secondary N) is 1. The van der Waals surface area contributed by atoms with E-state index in [1.54, 1.807) is 0 Å². The summed E-state index contributed by atoms with van der Waals surface area (Å²) in [5.41, 5.74) is 2.74. The first-order valence-electron chi connectivity index (χ1n) is 9.45. The molecule has 0 radical (unpaired) electrons. The maximum atomic E-state index is 12.3. The average molecular weight is 430 g/mol. The van der Waals surface area contributed by atoms with Gasteiger partial charge in [0.1, 0.15) is 0 Å². The predicted octanol–water partition coefficient (Wildman–Crippen LogP) is 4.71. The van der Waals surface area contributed by atoms with Crippen molar-refractivity contribution in [1.82, 2.24) is 14.8 Å². The minimum Gasteiger partial charge on any atom is -0.372 e. The van der Waals surface area contributed by atoms with Gasteiger partial charge < -0.3 is 14.8 Å². The van der Waals surface area contributed by atoms with Crippen LogP contribution in [-0.4, -0.2) is 39.5 Å². The largest absolute Gasteiger partial charge is 0.372 e. The summed E-state index contributed by atoms with van der Waals surface area (Å²) in [5, 5.41) is 12.6. The molecule has 3 aromatic rings. The lowest BCUT2D eigenvalue weighted by atomic mass is 10.2. The van der Waals surface area contributed by atoms with E-state index in [-0.39, 0.29) is 11.7 Å². The van der Waals surface area contributed by atoms with Crippen molar-refractivity contribution in [1.29, 1.82) is 0 Å². The molecule has 0 saturated carbocycles. The van der Waals surface area contributed by atoms with Gasteiger partial charge in [-0.25, -0.2) is 0 Å². The van der Waals surface area contributed by atoms with E-state index >= 15 is 0 Å². The van der Waals surface area contributed by atoms with Crippen LogP contribution in [0, 0.1) is 0 Å². The smallest absolute Gasteiger partial charge is 0.234 e. The number of hydrogen-bond donors (Lipinski definition) is 1. The summed E-state index contributed by atoms with van der Waals surface area (Å²) in [7, 11) is 1.87. The lowest BCUT2D eigenvalue weighted by Gasteiger charge is -2.21. The molecule has 0 saturated heterocycles. The topological polar surface area (TPSA) is 63.1 Å². The van der Waals surface area contributed by atoms with Crippen molar-refractivity contribution in [2.45, 2.75) is 19.0 Å². The molecule has 3 rings (SSSR count). The Hall–Kier alpha value is -2.51. The van der Waals surface area contributed by atoms with Crippen molar-refractivity contribution in [3.63, 3.8) is 0 Å². The molecule has 0 aliphatic heterocycles. The van der Waals surface area contributed by atoms with Crippen LogP contribution < -0.4 is 10.2 Å². The van der Waals surface area contributed by atoms with Gasteiger partial charge in [-0.15, -0.1) is 10.2 Å². The molecule has 29 heavy (non-hydrogen) atoms. The molecule has 1 N–H and O–H groups in total. The molecule has 152 valence electrons. The van der Waals surface area contributed by atoms with Crippen LogP contribution in [0.3, 0.4) is 0 Å². The molecular formula is C21H24ClN5OS. The molecule has 2 aromatic carbocycles. The van der Waals surface area contributed by atoms with Crippen molar-refractivity contribution < 1.29 is 4.79 Å². The third-order valence-corrected chi connectivity index (χ3v) is 5.91. The van der Waals surface area contributed by atoms with Gasteiger partial charge in [-0.1, -0.05) is 35.5 Å². The minimum atomic E-state index is -0.0899. The molecule has 0 aliphatic rings. The van der Waals surface area contributed by atoms with Crippen molar-refractivity contribution in [3.05, 3.63) is 53.6 Å². The predicted molar refractivity (Wildman–Crippen MR) is 121 cm³/mol. The second-order valence-electron chi connectivity index (χ2n) is 6.40. The second kappa shape index (κ2) is 9.80. The number of carbonyl (C=O) groups excluding carboxylic acids is 1. The van der Waals surface area contributed by atoms with Gasteiger partial charge in [0.2, 0.25) is 5.91 Å². The number of aromatic nitrogens is 3. The lowest BCUT2D eigenvalue weighted by Crippen LogP contribution is -2.21. The van der Waals surface area contributed by atoms with E-state index < -0.39 is 0 Å². The van der Waals surface area contributed by atoms with Crippen LogP contribution in [0.1, 0.15) is 13.8 Å². The zero-order valence-corrected chi connectivity index (χ0v) is 18.3. The summed E-state index contributed by atoms with van der Waals surface area (Å²) >= 11 is 7.59. The lowest BCUT2D eigenvalue weighted by molar-refractivity contribution is -0.113. The maximum Gasteiger partial charge on any atom is 0.234 e. The molecule has 1 aromatic heterocycles. The highest BCUT2D eigenvalue weighted by atomic mass is 35.5. The number of nitrogens with zero attached hydrogens (tertiary/aromatic N) is 4. The van der Waals surface area contributed by atoms with Crippen molar-refractivity contribution >= 4 is 40.6 Å². The summed E-state index contributed by atoms with van der Waals surface area (Å²) in [6.07, 6.45) is 0. The highest BCUT2D eigenvalue weighted by Crippen LogP contribution is 2.28. The van der Waals surface area contributed by atoms with Gasteiger partial charge in [0.15, 0.2) is 11.0 Å². The number of amides is 1. The quantitative estimate of drug-likeness (QED) is 0.525. The Labute approximate surface area is 180 Å². The Bertz CT molecular complexity index is 969. The highest BCUT2D eigenvalue weighted by molar-refractivity contribution is 7.99. The van der Waals surface area contributed by atoms with Crippen LogP contribution in [0.15, 0.2) is 53.7 Å². The fraction of sp³-hybridized carbons (Fsp3) is 0.286. The zero-order valence-electron chi connectivity index (χ0n) is 16.7. The van der Waals surface area contributed by atoms with Crippen LogP contribution in [-0.2, 0) is 11.8 Å². The Morgan fingerprint density at radius 2 is 1.79 bits per heavy atom. The number of benzene rings is 2. The molecule has 1 heterocycles. The van der Waals surface area contributed by atoms with Crippen LogP contribution in [0.5, 0.6) is 0 Å². The zero-order chi connectivity index (χ0) is 20.8. The fourth-order valence-electron chi connectivity index (χ4n) is 2.99. The highest BCUT2D eigenvalue weighted by Gasteiger charge is 2.15. The summed E-state index contributed by atoms with van der Waals surface area (Å²) in [6, 6.07) is 15.4.